The molecule has 0 spiro atoms. The summed E-state index contributed by atoms with van der Waals surface area (Å²) in [5, 5.41) is 11.3. The second kappa shape index (κ2) is 12.4. The van der Waals surface area contributed by atoms with Crippen molar-refractivity contribution >= 4 is 39.8 Å². The van der Waals surface area contributed by atoms with Crippen molar-refractivity contribution in [3.05, 3.63) is 109 Å². The van der Waals surface area contributed by atoms with Gasteiger partial charge in [0, 0.05) is 47.3 Å². The number of hydrogen-bond donors (Lipinski definition) is 3. The summed E-state index contributed by atoms with van der Waals surface area (Å²) in [7, 11) is 2.03. The fourth-order valence-corrected chi connectivity index (χ4v) is 4.22. The molecule has 2 aromatic heterocycles. The number of halogens is 3. The van der Waals surface area contributed by atoms with E-state index in [0.29, 0.717) is 6.42 Å². The average molecular weight is 561 g/mol. The number of aliphatic carboxylic acids is 1. The highest BCUT2D eigenvalue weighted by atomic mass is 19.4. The van der Waals surface area contributed by atoms with Crippen LogP contribution in [0.1, 0.15) is 11.1 Å². The SMILES string of the molecule is Cc1ccc(-c2cc(NC(=O)Cc3c[nH]c4ccccc34)ccc2N(C)c2cccnc2)cc1.O=C(O)C(F)(F)F. The fraction of sp³-hybridized carbons (Fsp3) is 0.129. The van der Waals surface area contributed by atoms with Crippen molar-refractivity contribution in [2.45, 2.75) is 19.5 Å². The Bertz CT molecular complexity index is 1650. The minimum atomic E-state index is -5.08. The molecule has 0 unspecified atom stereocenters. The quantitative estimate of drug-likeness (QED) is 0.205. The fourth-order valence-electron chi connectivity index (χ4n) is 4.22. The number of carboxylic acid groups (broad SMARTS) is 1. The van der Waals surface area contributed by atoms with Gasteiger partial charge in [-0.1, -0.05) is 48.0 Å². The van der Waals surface area contributed by atoms with E-state index in [-0.39, 0.29) is 5.91 Å². The van der Waals surface area contributed by atoms with Crippen LogP contribution in [0.5, 0.6) is 0 Å². The van der Waals surface area contributed by atoms with E-state index >= 15 is 0 Å². The van der Waals surface area contributed by atoms with Crippen LogP contribution in [0.2, 0.25) is 0 Å². The zero-order valence-electron chi connectivity index (χ0n) is 22.2. The van der Waals surface area contributed by atoms with Gasteiger partial charge in [0.1, 0.15) is 0 Å². The van der Waals surface area contributed by atoms with E-state index in [2.05, 4.69) is 51.4 Å². The molecule has 5 rings (SSSR count). The number of aromatic nitrogens is 2. The van der Waals surface area contributed by atoms with Gasteiger partial charge in [0.25, 0.3) is 0 Å². The molecule has 210 valence electrons. The molecule has 0 atom stereocenters. The van der Waals surface area contributed by atoms with Crippen molar-refractivity contribution < 1.29 is 27.9 Å². The first-order valence-corrected chi connectivity index (χ1v) is 12.5. The number of fused-ring (bicyclic) bond motifs is 1. The number of nitrogens with zero attached hydrogens (tertiary/aromatic N) is 2. The summed E-state index contributed by atoms with van der Waals surface area (Å²) in [6, 6.07) is 26.5. The van der Waals surface area contributed by atoms with Crippen molar-refractivity contribution in [1.82, 2.24) is 9.97 Å². The second-order valence-electron chi connectivity index (χ2n) is 9.26. The normalized spacial score (nSPS) is 11.0. The van der Waals surface area contributed by atoms with Crippen molar-refractivity contribution in [1.29, 1.82) is 0 Å². The molecule has 2 heterocycles. The van der Waals surface area contributed by atoms with Gasteiger partial charge in [-0.2, -0.15) is 13.2 Å². The Kier molecular flexibility index (Phi) is 8.72. The number of pyridine rings is 1. The zero-order valence-corrected chi connectivity index (χ0v) is 22.2. The molecular weight excluding hydrogens is 533 g/mol. The first kappa shape index (κ1) is 28.9. The minimum Gasteiger partial charge on any atom is -0.475 e. The lowest BCUT2D eigenvalue weighted by Crippen LogP contribution is -2.21. The summed E-state index contributed by atoms with van der Waals surface area (Å²) in [6.45, 7) is 2.08. The standard InChI is InChI=1S/C29H26N4O.C2HF3O2/c1-20-9-11-21(12-10-20)26-17-23(13-14-28(26)33(2)24-6-5-15-30-19-24)32-29(34)16-22-18-31-27-8-4-3-7-25(22)27;3-2(4,5)1(6)7/h3-15,17-19,31H,16H2,1-2H3,(H,32,34);(H,6,7). The summed E-state index contributed by atoms with van der Waals surface area (Å²) in [4.78, 5) is 31.4. The summed E-state index contributed by atoms with van der Waals surface area (Å²) in [5.74, 6) is -2.81. The number of para-hydroxylation sites is 1. The predicted molar refractivity (Wildman–Crippen MR) is 153 cm³/mol. The molecule has 41 heavy (non-hydrogen) atoms. The van der Waals surface area contributed by atoms with Crippen LogP contribution in [-0.4, -0.2) is 40.2 Å². The molecule has 7 nitrogen and oxygen atoms in total. The predicted octanol–water partition coefficient (Wildman–Crippen LogP) is 7.12. The number of alkyl halides is 3. The third-order valence-corrected chi connectivity index (χ3v) is 6.31. The van der Waals surface area contributed by atoms with Crippen LogP contribution in [0.25, 0.3) is 22.0 Å². The molecule has 5 aromatic rings. The molecule has 0 aliphatic heterocycles. The molecule has 0 aliphatic carbocycles. The smallest absolute Gasteiger partial charge is 0.475 e. The highest BCUT2D eigenvalue weighted by molar-refractivity contribution is 5.97. The van der Waals surface area contributed by atoms with Gasteiger partial charge in [0.2, 0.25) is 5.91 Å². The molecule has 0 bridgehead atoms. The van der Waals surface area contributed by atoms with Crippen LogP contribution >= 0.6 is 0 Å². The molecule has 3 N–H and O–H groups in total. The van der Waals surface area contributed by atoms with Crippen molar-refractivity contribution in [2.75, 3.05) is 17.3 Å². The third kappa shape index (κ3) is 7.30. The van der Waals surface area contributed by atoms with Crippen LogP contribution in [0.3, 0.4) is 0 Å². The van der Waals surface area contributed by atoms with Crippen molar-refractivity contribution in [2.24, 2.45) is 0 Å². The second-order valence-corrected chi connectivity index (χ2v) is 9.26. The Morgan fingerprint density at radius 1 is 1.00 bits per heavy atom. The van der Waals surface area contributed by atoms with E-state index in [1.807, 2.05) is 74.0 Å². The number of H-pyrrole nitrogens is 1. The largest absolute Gasteiger partial charge is 0.490 e. The summed E-state index contributed by atoms with van der Waals surface area (Å²) in [5.41, 5.74) is 8.14. The van der Waals surface area contributed by atoms with E-state index in [1.54, 1.807) is 6.20 Å². The number of benzene rings is 3. The van der Waals surface area contributed by atoms with Crippen molar-refractivity contribution in [3.63, 3.8) is 0 Å². The van der Waals surface area contributed by atoms with Crippen molar-refractivity contribution in [3.8, 4) is 11.1 Å². The Balaban J connectivity index is 0.000000493. The number of carboxylic acids is 1. The number of aromatic amines is 1. The van der Waals surface area contributed by atoms with E-state index in [9.17, 15) is 18.0 Å². The van der Waals surface area contributed by atoms with E-state index < -0.39 is 12.1 Å². The highest BCUT2D eigenvalue weighted by Gasteiger charge is 2.38. The van der Waals surface area contributed by atoms with Crippen LogP contribution in [0, 0.1) is 6.92 Å². The molecule has 0 radical (unpaired) electrons. The van der Waals surface area contributed by atoms with E-state index in [1.165, 1.54) is 5.56 Å². The van der Waals surface area contributed by atoms with Gasteiger partial charge in [0.15, 0.2) is 0 Å². The molecule has 0 saturated carbocycles. The number of amides is 1. The molecule has 0 fully saturated rings. The Labute approximate surface area is 234 Å². The first-order valence-electron chi connectivity index (χ1n) is 12.5. The summed E-state index contributed by atoms with van der Waals surface area (Å²) >= 11 is 0. The monoisotopic (exact) mass is 560 g/mol. The number of carbonyl (C=O) groups excluding carboxylic acids is 1. The van der Waals surface area contributed by atoms with Gasteiger partial charge < -0.3 is 20.3 Å². The number of anilines is 3. The lowest BCUT2D eigenvalue weighted by atomic mass is 10.0. The Morgan fingerprint density at radius 2 is 1.71 bits per heavy atom. The van der Waals surface area contributed by atoms with Crippen LogP contribution in [0.4, 0.5) is 30.2 Å². The van der Waals surface area contributed by atoms with E-state index in [4.69, 9.17) is 9.90 Å². The van der Waals surface area contributed by atoms with Gasteiger partial charge in [0.05, 0.1) is 18.3 Å². The highest BCUT2D eigenvalue weighted by Crippen LogP contribution is 2.36. The van der Waals surface area contributed by atoms with Gasteiger partial charge in [-0.05, 0) is 54.4 Å². The first-order chi connectivity index (χ1) is 19.5. The number of nitrogens with one attached hydrogen (secondary N) is 2. The van der Waals surface area contributed by atoms with Gasteiger partial charge in [-0.25, -0.2) is 4.79 Å². The topological polar surface area (TPSA) is 98.3 Å². The number of aryl methyl sites for hydroxylation is 1. The minimum absolute atomic E-state index is 0.0482. The molecule has 3 aromatic carbocycles. The maximum absolute atomic E-state index is 12.9. The van der Waals surface area contributed by atoms with Crippen LogP contribution in [0.15, 0.2) is 97.5 Å². The lowest BCUT2D eigenvalue weighted by molar-refractivity contribution is -0.192. The number of hydrogen-bond acceptors (Lipinski definition) is 4. The third-order valence-electron chi connectivity index (χ3n) is 6.31. The number of carbonyl (C=O) groups is 2. The molecule has 1 amide bonds. The maximum atomic E-state index is 12.9. The van der Waals surface area contributed by atoms with Gasteiger partial charge >= 0.3 is 12.1 Å². The Morgan fingerprint density at radius 3 is 2.37 bits per heavy atom. The summed E-state index contributed by atoms with van der Waals surface area (Å²) < 4.78 is 31.7. The molecular formula is C31H27F3N4O3. The zero-order chi connectivity index (χ0) is 29.6. The van der Waals surface area contributed by atoms with Crippen LogP contribution < -0.4 is 10.2 Å². The molecule has 0 saturated heterocycles. The van der Waals surface area contributed by atoms with Gasteiger partial charge in [-0.15, -0.1) is 0 Å². The Hall–Kier alpha value is -5.12. The lowest BCUT2D eigenvalue weighted by Gasteiger charge is -2.23. The maximum Gasteiger partial charge on any atom is 0.490 e. The number of rotatable bonds is 6. The van der Waals surface area contributed by atoms with Crippen LogP contribution in [-0.2, 0) is 16.0 Å². The summed E-state index contributed by atoms with van der Waals surface area (Å²) in [6.07, 6.45) is 0.746. The average Bonchev–Trinajstić information content (AvgIpc) is 3.36. The molecule has 0 aliphatic rings. The molecule has 10 heteroatoms. The van der Waals surface area contributed by atoms with Gasteiger partial charge in [-0.3, -0.25) is 9.78 Å². The van der Waals surface area contributed by atoms with E-state index in [0.717, 1.165) is 44.7 Å².